The number of halogens is 1. The van der Waals surface area contributed by atoms with Crippen LogP contribution in [0.4, 0.5) is 11.4 Å². The molecule has 0 bridgehead atoms. The molecule has 0 heterocycles. The minimum absolute atomic E-state index is 0.0282. The second-order valence-corrected chi connectivity index (χ2v) is 11.9. The molecule has 224 valence electrons. The Balaban J connectivity index is 2.17. The van der Waals surface area contributed by atoms with Crippen LogP contribution in [0.25, 0.3) is 0 Å². The molecular formula is C29H33ClN4O7S. The van der Waals surface area contributed by atoms with E-state index in [1.54, 1.807) is 19.9 Å². The first-order valence-corrected chi connectivity index (χ1v) is 14.9. The number of aryl methyl sites for hydroxylation is 2. The lowest BCUT2D eigenvalue weighted by molar-refractivity contribution is -0.385. The van der Waals surface area contributed by atoms with Crippen molar-refractivity contribution in [1.82, 2.24) is 10.2 Å². The Morgan fingerprint density at radius 1 is 1.07 bits per heavy atom. The van der Waals surface area contributed by atoms with Crippen molar-refractivity contribution in [3.63, 3.8) is 0 Å². The molecule has 0 saturated heterocycles. The highest BCUT2D eigenvalue weighted by Crippen LogP contribution is 2.36. The number of anilines is 1. The number of hydrogen-bond acceptors (Lipinski definition) is 7. The first-order chi connectivity index (χ1) is 19.8. The highest BCUT2D eigenvalue weighted by molar-refractivity contribution is 7.92. The SMILES string of the molecule is CCNC(=O)[C@@H](C)N(Cc1ccccc1C)C(=O)CN(c1cc(Cl)ccc1OC)S(=O)(=O)c1ccc(C)c([N+](=O)[O-])c1. The largest absolute Gasteiger partial charge is 0.495 e. The molecule has 3 rings (SSSR count). The van der Waals surface area contributed by atoms with Gasteiger partial charge in [0.1, 0.15) is 18.3 Å². The molecule has 0 aromatic heterocycles. The maximum absolute atomic E-state index is 14.1. The highest BCUT2D eigenvalue weighted by atomic mass is 35.5. The van der Waals surface area contributed by atoms with Crippen LogP contribution >= 0.6 is 11.6 Å². The summed E-state index contributed by atoms with van der Waals surface area (Å²) >= 11 is 6.24. The van der Waals surface area contributed by atoms with Gasteiger partial charge in [0.15, 0.2) is 0 Å². The summed E-state index contributed by atoms with van der Waals surface area (Å²) < 4.78 is 34.5. The van der Waals surface area contributed by atoms with E-state index in [2.05, 4.69) is 5.32 Å². The van der Waals surface area contributed by atoms with Gasteiger partial charge in [-0.3, -0.25) is 24.0 Å². The summed E-state index contributed by atoms with van der Waals surface area (Å²) in [5.41, 5.74) is 1.47. The second kappa shape index (κ2) is 13.7. The lowest BCUT2D eigenvalue weighted by Crippen LogP contribution is -2.51. The molecule has 13 heteroatoms. The van der Waals surface area contributed by atoms with Crippen LogP contribution in [-0.2, 0) is 26.2 Å². The topological polar surface area (TPSA) is 139 Å². The minimum atomic E-state index is -4.60. The number of carbonyl (C=O) groups excluding carboxylic acids is 2. The van der Waals surface area contributed by atoms with Crippen LogP contribution in [0.15, 0.2) is 65.6 Å². The summed E-state index contributed by atoms with van der Waals surface area (Å²) in [5, 5.41) is 14.5. The zero-order valence-electron chi connectivity index (χ0n) is 24.0. The maximum Gasteiger partial charge on any atom is 0.273 e. The van der Waals surface area contributed by atoms with E-state index < -0.39 is 49.9 Å². The Morgan fingerprint density at radius 3 is 2.38 bits per heavy atom. The number of sulfonamides is 1. The predicted molar refractivity (Wildman–Crippen MR) is 160 cm³/mol. The Hall–Kier alpha value is -4.16. The first-order valence-electron chi connectivity index (χ1n) is 13.0. The number of ether oxygens (including phenoxy) is 1. The van der Waals surface area contributed by atoms with E-state index in [0.29, 0.717) is 6.54 Å². The smallest absolute Gasteiger partial charge is 0.273 e. The molecule has 0 radical (unpaired) electrons. The standard InChI is InChI=1S/C29H33ClN4O7S/c1-6-31-29(36)21(4)32(17-22-10-8-7-9-19(22)2)28(35)18-33(26-15-23(30)12-14-27(26)41-5)42(39,40)24-13-11-20(3)25(16-24)34(37)38/h7-16,21H,6,17-18H2,1-5H3,(H,31,36)/t21-/m1/s1. The third-order valence-electron chi connectivity index (χ3n) is 6.77. The van der Waals surface area contributed by atoms with Crippen molar-refractivity contribution in [1.29, 1.82) is 0 Å². The summed E-state index contributed by atoms with van der Waals surface area (Å²) in [6, 6.07) is 14.2. The van der Waals surface area contributed by atoms with Crippen molar-refractivity contribution in [2.24, 2.45) is 0 Å². The average molecular weight is 617 g/mol. The van der Waals surface area contributed by atoms with Gasteiger partial charge in [-0.25, -0.2) is 8.42 Å². The van der Waals surface area contributed by atoms with Gasteiger partial charge < -0.3 is 15.0 Å². The van der Waals surface area contributed by atoms with E-state index in [4.69, 9.17) is 16.3 Å². The Bertz CT molecular complexity index is 1600. The van der Waals surface area contributed by atoms with Gasteiger partial charge in [-0.05, 0) is 63.1 Å². The zero-order chi connectivity index (χ0) is 31.2. The van der Waals surface area contributed by atoms with E-state index in [1.165, 1.54) is 49.3 Å². The molecule has 0 saturated carbocycles. The third kappa shape index (κ3) is 7.18. The van der Waals surface area contributed by atoms with Gasteiger partial charge in [-0.15, -0.1) is 0 Å². The molecule has 0 aliphatic heterocycles. The van der Waals surface area contributed by atoms with Gasteiger partial charge in [0, 0.05) is 29.7 Å². The second-order valence-electron chi connectivity index (χ2n) is 9.55. The van der Waals surface area contributed by atoms with Gasteiger partial charge in [-0.1, -0.05) is 41.9 Å². The van der Waals surface area contributed by atoms with E-state index in [9.17, 15) is 28.1 Å². The fourth-order valence-corrected chi connectivity index (χ4v) is 5.92. The maximum atomic E-state index is 14.1. The fourth-order valence-electron chi connectivity index (χ4n) is 4.32. The lowest BCUT2D eigenvalue weighted by atomic mass is 10.1. The molecule has 1 atom stereocenters. The minimum Gasteiger partial charge on any atom is -0.495 e. The van der Waals surface area contributed by atoms with Crippen LogP contribution < -0.4 is 14.4 Å². The monoisotopic (exact) mass is 616 g/mol. The zero-order valence-corrected chi connectivity index (χ0v) is 25.5. The number of nitro groups is 1. The number of nitro benzene ring substituents is 1. The predicted octanol–water partition coefficient (Wildman–Crippen LogP) is 4.62. The van der Waals surface area contributed by atoms with Gasteiger partial charge in [0.05, 0.1) is 22.6 Å². The molecule has 0 unspecified atom stereocenters. The van der Waals surface area contributed by atoms with Crippen LogP contribution in [0.5, 0.6) is 5.75 Å². The van der Waals surface area contributed by atoms with Gasteiger partial charge in [0.25, 0.3) is 15.7 Å². The van der Waals surface area contributed by atoms with Crippen LogP contribution in [0, 0.1) is 24.0 Å². The molecule has 0 aliphatic carbocycles. The van der Waals surface area contributed by atoms with Crippen LogP contribution in [0.3, 0.4) is 0 Å². The molecule has 3 aromatic carbocycles. The lowest BCUT2D eigenvalue weighted by Gasteiger charge is -2.32. The van der Waals surface area contributed by atoms with Crippen LogP contribution in [-0.4, -0.2) is 56.3 Å². The summed E-state index contributed by atoms with van der Waals surface area (Å²) in [7, 11) is -3.27. The molecule has 1 N–H and O–H groups in total. The van der Waals surface area contributed by atoms with E-state index in [0.717, 1.165) is 21.5 Å². The number of methoxy groups -OCH3 is 1. The normalized spacial score (nSPS) is 11.9. The first kappa shape index (κ1) is 32.4. The number of nitrogens with zero attached hydrogens (tertiary/aromatic N) is 3. The molecule has 42 heavy (non-hydrogen) atoms. The summed E-state index contributed by atoms with van der Waals surface area (Å²) in [6.45, 7) is 6.27. The van der Waals surface area contributed by atoms with Gasteiger partial charge in [-0.2, -0.15) is 0 Å². The fraction of sp³-hybridized carbons (Fsp3) is 0.310. The number of rotatable bonds is 12. The van der Waals surface area contributed by atoms with Crippen molar-refractivity contribution in [3.05, 3.63) is 92.5 Å². The number of amides is 2. The quantitative estimate of drug-likeness (QED) is 0.231. The summed E-state index contributed by atoms with van der Waals surface area (Å²) in [4.78, 5) is 38.7. The number of carbonyl (C=O) groups is 2. The molecule has 11 nitrogen and oxygen atoms in total. The van der Waals surface area contributed by atoms with E-state index in [1.807, 2.05) is 25.1 Å². The average Bonchev–Trinajstić information content (AvgIpc) is 2.95. The van der Waals surface area contributed by atoms with Crippen LogP contribution in [0.2, 0.25) is 5.02 Å². The molecule has 3 aromatic rings. The number of benzene rings is 3. The Labute approximate surface area is 250 Å². The van der Waals surface area contributed by atoms with Crippen molar-refractivity contribution >= 4 is 44.8 Å². The molecule has 0 aliphatic rings. The van der Waals surface area contributed by atoms with Crippen LogP contribution in [0.1, 0.15) is 30.5 Å². The Morgan fingerprint density at radius 2 is 1.76 bits per heavy atom. The number of hydrogen-bond donors (Lipinski definition) is 1. The highest BCUT2D eigenvalue weighted by Gasteiger charge is 2.35. The van der Waals surface area contributed by atoms with E-state index >= 15 is 0 Å². The van der Waals surface area contributed by atoms with Crippen molar-refractivity contribution in [2.75, 3.05) is 24.5 Å². The number of nitrogens with one attached hydrogen (secondary N) is 1. The van der Waals surface area contributed by atoms with Gasteiger partial charge in [0.2, 0.25) is 11.8 Å². The van der Waals surface area contributed by atoms with Crippen molar-refractivity contribution < 1.29 is 27.7 Å². The number of likely N-dealkylation sites (N-methyl/N-ethyl adjacent to an activating group) is 1. The van der Waals surface area contributed by atoms with Gasteiger partial charge >= 0.3 is 0 Å². The molecule has 0 spiro atoms. The Kier molecular flexibility index (Phi) is 10.5. The van der Waals surface area contributed by atoms with Crippen molar-refractivity contribution in [3.8, 4) is 5.75 Å². The molecule has 2 amide bonds. The van der Waals surface area contributed by atoms with E-state index in [-0.39, 0.29) is 28.6 Å². The summed E-state index contributed by atoms with van der Waals surface area (Å²) in [6.07, 6.45) is 0. The molecular weight excluding hydrogens is 584 g/mol. The molecule has 0 fully saturated rings. The third-order valence-corrected chi connectivity index (χ3v) is 8.76. The van der Waals surface area contributed by atoms with Crippen molar-refractivity contribution in [2.45, 2.75) is 45.2 Å². The summed E-state index contributed by atoms with van der Waals surface area (Å²) in [5.74, 6) is -1.01.